The van der Waals surface area contributed by atoms with Crippen molar-refractivity contribution in [2.75, 3.05) is 0 Å². The van der Waals surface area contributed by atoms with Crippen LogP contribution >= 0.6 is 23.1 Å². The SMILES string of the molecule is O=c1[nH]c(=O)n(C2CC2)c2nc(C3CC3)nc(SCc3csc(Cc4ccccc4)n3)c12. The molecule has 3 heterocycles. The minimum atomic E-state index is -0.408. The molecule has 2 aliphatic rings. The predicted octanol–water partition coefficient (Wildman–Crippen LogP) is 4.03. The molecule has 2 saturated carbocycles. The maximum Gasteiger partial charge on any atom is 0.330 e. The molecule has 0 saturated heterocycles. The van der Waals surface area contributed by atoms with Gasteiger partial charge in [0.25, 0.3) is 5.56 Å². The van der Waals surface area contributed by atoms with Crippen LogP contribution in [0.1, 0.15) is 59.7 Å². The van der Waals surface area contributed by atoms with Crippen LogP contribution in [0, 0.1) is 0 Å². The second-order valence-corrected chi connectivity index (χ2v) is 10.3. The zero-order valence-corrected chi connectivity index (χ0v) is 18.9. The molecule has 0 amide bonds. The number of nitrogens with one attached hydrogen (secondary N) is 1. The van der Waals surface area contributed by atoms with Crippen LogP contribution < -0.4 is 11.2 Å². The number of nitrogens with zero attached hydrogens (tertiary/aromatic N) is 4. The summed E-state index contributed by atoms with van der Waals surface area (Å²) in [5.41, 5.74) is 1.92. The Balaban J connectivity index is 1.32. The summed E-state index contributed by atoms with van der Waals surface area (Å²) in [6.07, 6.45) is 4.80. The van der Waals surface area contributed by atoms with E-state index in [1.54, 1.807) is 15.9 Å². The number of thioether (sulfide) groups is 1. The summed E-state index contributed by atoms with van der Waals surface area (Å²) in [4.78, 5) is 42.0. The van der Waals surface area contributed by atoms with Crippen molar-refractivity contribution in [3.05, 3.63) is 78.6 Å². The summed E-state index contributed by atoms with van der Waals surface area (Å²) in [7, 11) is 0. The normalized spacial score (nSPS) is 16.0. The van der Waals surface area contributed by atoms with Crippen LogP contribution in [0.4, 0.5) is 0 Å². The molecule has 2 aliphatic carbocycles. The standard InChI is InChI=1S/C23H21N5O2S2/c29-21-18-20(28(16-8-9-16)23(30)27-21)25-19(14-6-7-14)26-22(18)32-12-15-11-31-17(24-15)10-13-4-2-1-3-5-13/h1-5,11,14,16H,6-10,12H2,(H,27,29,30). The Morgan fingerprint density at radius 1 is 1.06 bits per heavy atom. The van der Waals surface area contributed by atoms with E-state index < -0.39 is 5.56 Å². The molecular weight excluding hydrogens is 442 g/mol. The smallest absolute Gasteiger partial charge is 0.274 e. The molecule has 0 spiro atoms. The van der Waals surface area contributed by atoms with E-state index in [0.29, 0.717) is 27.7 Å². The Hall–Kier alpha value is -2.78. The van der Waals surface area contributed by atoms with E-state index in [4.69, 9.17) is 15.0 Å². The Bertz CT molecular complexity index is 1420. The van der Waals surface area contributed by atoms with Gasteiger partial charge in [0, 0.05) is 29.5 Å². The molecule has 0 radical (unpaired) electrons. The van der Waals surface area contributed by atoms with E-state index in [0.717, 1.165) is 48.6 Å². The zero-order chi connectivity index (χ0) is 21.7. The molecule has 0 unspecified atom stereocenters. The molecule has 2 fully saturated rings. The first-order chi connectivity index (χ1) is 15.7. The van der Waals surface area contributed by atoms with Gasteiger partial charge in [-0.05, 0) is 31.2 Å². The molecule has 9 heteroatoms. The van der Waals surface area contributed by atoms with E-state index >= 15 is 0 Å². The molecule has 4 aromatic rings. The zero-order valence-electron chi connectivity index (χ0n) is 17.3. The van der Waals surface area contributed by atoms with Crippen LogP contribution in [-0.2, 0) is 12.2 Å². The van der Waals surface area contributed by atoms with Crippen molar-refractivity contribution in [2.45, 2.75) is 54.8 Å². The molecule has 0 aliphatic heterocycles. The fourth-order valence-corrected chi connectivity index (χ4v) is 5.70. The summed E-state index contributed by atoms with van der Waals surface area (Å²) in [6.45, 7) is 0. The average molecular weight is 464 g/mol. The highest BCUT2D eigenvalue weighted by Crippen LogP contribution is 2.41. The lowest BCUT2D eigenvalue weighted by atomic mass is 10.2. The topological polar surface area (TPSA) is 93.5 Å². The number of hydrogen-bond donors (Lipinski definition) is 1. The number of aromatic amines is 1. The Morgan fingerprint density at radius 2 is 1.88 bits per heavy atom. The van der Waals surface area contributed by atoms with Gasteiger partial charge in [0.1, 0.15) is 16.2 Å². The van der Waals surface area contributed by atoms with Crippen LogP contribution in [0.25, 0.3) is 11.0 Å². The third-order valence-corrected chi connectivity index (χ3v) is 7.68. The molecular formula is C23H21N5O2S2. The first-order valence-corrected chi connectivity index (χ1v) is 12.7. The van der Waals surface area contributed by atoms with E-state index in [9.17, 15) is 9.59 Å². The lowest BCUT2D eigenvalue weighted by Crippen LogP contribution is -2.31. The lowest BCUT2D eigenvalue weighted by Gasteiger charge is -2.11. The summed E-state index contributed by atoms with van der Waals surface area (Å²) in [5, 5.41) is 4.20. The molecule has 0 bridgehead atoms. The summed E-state index contributed by atoms with van der Waals surface area (Å²) in [5.74, 6) is 1.70. The highest BCUT2D eigenvalue weighted by Gasteiger charge is 2.32. The number of H-pyrrole nitrogens is 1. The maximum absolute atomic E-state index is 12.8. The van der Waals surface area contributed by atoms with Gasteiger partial charge >= 0.3 is 5.69 Å². The number of hydrogen-bond acceptors (Lipinski definition) is 7. The fraction of sp³-hybridized carbons (Fsp3) is 0.348. The van der Waals surface area contributed by atoms with Gasteiger partial charge in [0.05, 0.1) is 10.7 Å². The van der Waals surface area contributed by atoms with Gasteiger partial charge in [0.2, 0.25) is 0 Å². The minimum absolute atomic E-state index is 0.126. The van der Waals surface area contributed by atoms with Crippen molar-refractivity contribution in [1.29, 1.82) is 0 Å². The highest BCUT2D eigenvalue weighted by molar-refractivity contribution is 7.98. The summed E-state index contributed by atoms with van der Waals surface area (Å²) in [6, 6.07) is 10.4. The van der Waals surface area contributed by atoms with E-state index in [2.05, 4.69) is 22.5 Å². The lowest BCUT2D eigenvalue weighted by molar-refractivity contribution is 0.691. The third-order valence-electron chi connectivity index (χ3n) is 5.78. The summed E-state index contributed by atoms with van der Waals surface area (Å²) < 4.78 is 1.66. The molecule has 1 aromatic carbocycles. The largest absolute Gasteiger partial charge is 0.330 e. The van der Waals surface area contributed by atoms with Gasteiger partial charge in [-0.2, -0.15) is 0 Å². The van der Waals surface area contributed by atoms with E-state index in [1.165, 1.54) is 17.3 Å². The van der Waals surface area contributed by atoms with Gasteiger partial charge in [0.15, 0.2) is 5.65 Å². The molecule has 0 atom stereocenters. The van der Waals surface area contributed by atoms with Crippen molar-refractivity contribution in [1.82, 2.24) is 24.5 Å². The van der Waals surface area contributed by atoms with Crippen molar-refractivity contribution >= 4 is 34.1 Å². The molecule has 32 heavy (non-hydrogen) atoms. The predicted molar refractivity (Wildman–Crippen MR) is 126 cm³/mol. The van der Waals surface area contributed by atoms with Crippen molar-refractivity contribution in [3.63, 3.8) is 0 Å². The first-order valence-electron chi connectivity index (χ1n) is 10.8. The Morgan fingerprint density at radius 3 is 2.62 bits per heavy atom. The maximum atomic E-state index is 12.8. The molecule has 162 valence electrons. The molecule has 1 N–H and O–H groups in total. The van der Waals surface area contributed by atoms with Crippen molar-refractivity contribution < 1.29 is 0 Å². The highest BCUT2D eigenvalue weighted by atomic mass is 32.2. The quantitative estimate of drug-likeness (QED) is 0.329. The Labute approximate surface area is 192 Å². The van der Waals surface area contributed by atoms with Crippen molar-refractivity contribution in [3.8, 4) is 0 Å². The molecule has 6 rings (SSSR count). The second kappa shape index (κ2) is 7.97. The summed E-state index contributed by atoms with van der Waals surface area (Å²) >= 11 is 3.15. The van der Waals surface area contributed by atoms with Gasteiger partial charge in [-0.15, -0.1) is 11.3 Å². The van der Waals surface area contributed by atoms with Gasteiger partial charge in [-0.25, -0.2) is 19.7 Å². The van der Waals surface area contributed by atoms with Crippen LogP contribution in [0.3, 0.4) is 0 Å². The van der Waals surface area contributed by atoms with Gasteiger partial charge < -0.3 is 0 Å². The number of aromatic nitrogens is 5. The van der Waals surface area contributed by atoms with Gasteiger partial charge in [-0.3, -0.25) is 14.3 Å². The van der Waals surface area contributed by atoms with Crippen molar-refractivity contribution in [2.24, 2.45) is 0 Å². The van der Waals surface area contributed by atoms with E-state index in [-0.39, 0.29) is 11.7 Å². The number of benzene rings is 1. The van der Waals surface area contributed by atoms with E-state index in [1.807, 2.05) is 18.2 Å². The molecule has 7 nitrogen and oxygen atoms in total. The average Bonchev–Trinajstić information content (AvgIpc) is 3.71. The monoisotopic (exact) mass is 463 g/mol. The van der Waals surface area contributed by atoms with Crippen LogP contribution in [0.5, 0.6) is 0 Å². The first kappa shape index (κ1) is 19.9. The second-order valence-electron chi connectivity index (χ2n) is 8.40. The Kier molecular flexibility index (Phi) is 4.95. The van der Waals surface area contributed by atoms with Crippen LogP contribution in [0.2, 0.25) is 0 Å². The molecule has 3 aromatic heterocycles. The number of thiazole rings is 1. The van der Waals surface area contributed by atoms with Crippen LogP contribution in [0.15, 0.2) is 50.3 Å². The number of fused-ring (bicyclic) bond motifs is 1. The minimum Gasteiger partial charge on any atom is -0.274 e. The van der Waals surface area contributed by atoms with Crippen LogP contribution in [-0.4, -0.2) is 24.5 Å². The van der Waals surface area contributed by atoms with Gasteiger partial charge in [-0.1, -0.05) is 42.1 Å². The third kappa shape index (κ3) is 3.91. The number of rotatable bonds is 7. The fourth-order valence-electron chi connectivity index (χ4n) is 3.84.